The van der Waals surface area contributed by atoms with E-state index in [0.717, 1.165) is 11.4 Å². The van der Waals surface area contributed by atoms with Crippen LogP contribution in [0.3, 0.4) is 0 Å². The van der Waals surface area contributed by atoms with E-state index in [1.165, 1.54) is 7.05 Å². The molecule has 0 aliphatic heterocycles. The molecule has 1 unspecified atom stereocenters. The molecule has 1 radical (unpaired) electrons. The molecule has 1 heterocycles. The minimum Gasteiger partial charge on any atom is -0.656 e. The number of carbonyl (C=O) groups excluding carboxylic acids is 1. The molecule has 6 heteroatoms. The van der Waals surface area contributed by atoms with Crippen molar-refractivity contribution >= 4 is 5.91 Å². The number of carbonyl (C=O) groups is 1. The van der Waals surface area contributed by atoms with Crippen molar-refractivity contribution in [2.24, 2.45) is 13.0 Å². The van der Waals surface area contributed by atoms with Crippen LogP contribution in [0.5, 0.6) is 0 Å². The van der Waals surface area contributed by atoms with Gasteiger partial charge in [0.1, 0.15) is 0 Å². The Balaban J connectivity index is 0. The van der Waals surface area contributed by atoms with Crippen LogP contribution < -0.4 is 0 Å². The molecule has 1 aromatic rings. The molecule has 1 amide bonds. The minimum absolute atomic E-state index is 0. The van der Waals surface area contributed by atoms with Gasteiger partial charge in [0.2, 0.25) is 0 Å². The van der Waals surface area contributed by atoms with Gasteiger partial charge in [-0.25, -0.2) is 0 Å². The summed E-state index contributed by atoms with van der Waals surface area (Å²) >= 11 is 0. The Morgan fingerprint density at radius 3 is 2.41 bits per heavy atom. The molecule has 0 N–H and O–H groups in total. The molecular formula is C11H20N4OY-2. The summed E-state index contributed by atoms with van der Waals surface area (Å²) in [5.41, 5.74) is 1.87. The van der Waals surface area contributed by atoms with Crippen LogP contribution in [-0.4, -0.2) is 27.9 Å². The largest absolute Gasteiger partial charge is 0.656 e. The predicted octanol–water partition coefficient (Wildman–Crippen LogP) is 1.67. The number of nitrogens with zero attached hydrogens (tertiary/aromatic N) is 4. The first kappa shape index (κ1) is 19.1. The summed E-state index contributed by atoms with van der Waals surface area (Å²) in [5.74, 6) is -0.203. The Morgan fingerprint density at radius 2 is 2.06 bits per heavy atom. The van der Waals surface area contributed by atoms with Crippen LogP contribution in [0.4, 0.5) is 0 Å². The zero-order valence-corrected chi connectivity index (χ0v) is 14.1. The molecule has 1 rings (SSSR count). The Bertz CT molecular complexity index is 338. The maximum atomic E-state index is 11.2. The van der Waals surface area contributed by atoms with Crippen LogP contribution in [0.1, 0.15) is 25.2 Å². The Labute approximate surface area is 129 Å². The number of rotatable bonds is 3. The molecule has 0 spiro atoms. The van der Waals surface area contributed by atoms with Crippen LogP contribution in [0.15, 0.2) is 0 Å². The maximum absolute atomic E-state index is 11.2. The third-order valence-corrected chi connectivity index (χ3v) is 2.34. The van der Waals surface area contributed by atoms with Crippen LogP contribution in [0, 0.1) is 19.8 Å². The van der Waals surface area contributed by atoms with E-state index in [9.17, 15) is 4.79 Å². The van der Waals surface area contributed by atoms with E-state index in [0.29, 0.717) is 6.42 Å². The van der Waals surface area contributed by atoms with Crippen molar-refractivity contribution in [3.05, 3.63) is 23.6 Å². The molecule has 0 bridgehead atoms. The van der Waals surface area contributed by atoms with Gasteiger partial charge in [-0.1, -0.05) is 12.1 Å². The van der Waals surface area contributed by atoms with Crippen molar-refractivity contribution in [2.45, 2.75) is 27.2 Å². The van der Waals surface area contributed by atoms with Gasteiger partial charge in [-0.2, -0.15) is 6.92 Å². The number of hydrogen-bond donors (Lipinski definition) is 0. The van der Waals surface area contributed by atoms with E-state index in [1.807, 2.05) is 20.9 Å². The third kappa shape index (κ3) is 5.73. The zero-order valence-electron chi connectivity index (χ0n) is 11.3. The molecule has 1 atom stereocenters. The molecule has 0 aliphatic carbocycles. The second kappa shape index (κ2) is 9.71. The summed E-state index contributed by atoms with van der Waals surface area (Å²) in [6, 6.07) is 0. The zero-order chi connectivity index (χ0) is 12.7. The molecule has 5 nitrogen and oxygen atoms in total. The molecule has 0 aliphatic rings. The van der Waals surface area contributed by atoms with Crippen molar-refractivity contribution in [2.75, 3.05) is 7.05 Å². The second-order valence-electron chi connectivity index (χ2n) is 3.41. The van der Waals surface area contributed by atoms with Gasteiger partial charge < -0.3 is 17.0 Å². The van der Waals surface area contributed by atoms with Crippen molar-refractivity contribution < 1.29 is 37.5 Å². The molecule has 0 saturated heterocycles. The van der Waals surface area contributed by atoms with Gasteiger partial charge in [0.25, 0.3) is 0 Å². The van der Waals surface area contributed by atoms with Crippen molar-refractivity contribution in [3.8, 4) is 0 Å². The average Bonchev–Trinajstić information content (AvgIpc) is 2.62. The molecule has 95 valence electrons. The predicted molar refractivity (Wildman–Crippen MR) is 63.9 cm³/mol. The minimum atomic E-state index is -0.115. The topological polar surface area (TPSA) is 61.9 Å². The summed E-state index contributed by atoms with van der Waals surface area (Å²) < 4.78 is 1.70. The summed E-state index contributed by atoms with van der Waals surface area (Å²) in [6.45, 7) is 8.79. The number of aryl methyl sites for hydroxylation is 1. The van der Waals surface area contributed by atoms with Crippen molar-refractivity contribution in [1.29, 1.82) is 0 Å². The van der Waals surface area contributed by atoms with E-state index in [2.05, 4.69) is 22.6 Å². The van der Waals surface area contributed by atoms with Gasteiger partial charge >= 0.3 is 0 Å². The van der Waals surface area contributed by atoms with E-state index in [-0.39, 0.29) is 44.5 Å². The summed E-state index contributed by atoms with van der Waals surface area (Å²) in [4.78, 5) is 11.2. The maximum Gasteiger partial charge on any atom is 0.0862 e. The molecule has 0 fully saturated rings. The van der Waals surface area contributed by atoms with E-state index in [4.69, 9.17) is 0 Å². The third-order valence-electron chi connectivity index (χ3n) is 2.34. The first-order valence-electron chi connectivity index (χ1n) is 5.25. The second-order valence-corrected chi connectivity index (χ2v) is 3.41. The molecule has 0 saturated carbocycles. The van der Waals surface area contributed by atoms with Crippen LogP contribution >= 0.6 is 0 Å². The van der Waals surface area contributed by atoms with Crippen molar-refractivity contribution in [1.82, 2.24) is 15.0 Å². The first-order chi connectivity index (χ1) is 7.56. The fraction of sp³-hybridized carbons (Fsp3) is 0.636. The SMILES string of the molecule is C[N-]C(=O)C(C)Cc1nnn(C)c1C.[CH2-]C.[Y]. The van der Waals surface area contributed by atoms with E-state index >= 15 is 0 Å². The smallest absolute Gasteiger partial charge is 0.0862 e. The fourth-order valence-corrected chi connectivity index (χ4v) is 1.23. The van der Waals surface area contributed by atoms with Crippen LogP contribution in [0.25, 0.3) is 5.32 Å². The standard InChI is InChI=1S/C9H16N4O.C2H5.Y/c1-6(9(14)10-3)5-8-7(2)13(4)12-11-8;1-2;/h6H,5H2,1-4H3,(H,10,14);1H2,2H3;/q;-1;/p-1. The van der Waals surface area contributed by atoms with Gasteiger partial charge in [-0.05, 0) is 6.92 Å². The first-order valence-corrected chi connectivity index (χ1v) is 5.25. The van der Waals surface area contributed by atoms with Gasteiger partial charge in [0.05, 0.1) is 17.3 Å². The Morgan fingerprint density at radius 1 is 1.53 bits per heavy atom. The van der Waals surface area contributed by atoms with Gasteiger partial charge in [0.15, 0.2) is 0 Å². The number of aromatic nitrogens is 3. The van der Waals surface area contributed by atoms with Gasteiger partial charge in [-0.3, -0.25) is 4.68 Å². The normalized spacial score (nSPS) is 10.7. The molecule has 17 heavy (non-hydrogen) atoms. The van der Waals surface area contributed by atoms with Crippen LogP contribution in [-0.2, 0) is 51.0 Å². The molecule has 0 aromatic carbocycles. The van der Waals surface area contributed by atoms with E-state index < -0.39 is 0 Å². The quantitative estimate of drug-likeness (QED) is 0.798. The summed E-state index contributed by atoms with van der Waals surface area (Å²) in [5, 5.41) is 11.5. The van der Waals surface area contributed by atoms with Crippen molar-refractivity contribution in [3.63, 3.8) is 0 Å². The fourth-order valence-electron chi connectivity index (χ4n) is 1.23. The monoisotopic (exact) mass is 313 g/mol. The average molecular weight is 313 g/mol. The summed E-state index contributed by atoms with van der Waals surface area (Å²) in [6.07, 6.45) is 0.607. The number of hydrogen-bond acceptors (Lipinski definition) is 3. The number of amides is 1. The summed E-state index contributed by atoms with van der Waals surface area (Å²) in [7, 11) is 3.35. The van der Waals surface area contributed by atoms with Gasteiger partial charge in [0, 0.05) is 52.1 Å². The molecular weight excluding hydrogens is 293 g/mol. The van der Waals surface area contributed by atoms with Gasteiger partial charge in [-0.15, -0.1) is 12.1 Å². The van der Waals surface area contributed by atoms with Crippen LogP contribution in [0.2, 0.25) is 0 Å². The Hall–Kier alpha value is -0.286. The molecule has 1 aromatic heterocycles. The van der Waals surface area contributed by atoms with E-state index in [1.54, 1.807) is 11.6 Å². The Kier molecular flexibility index (Phi) is 10.9.